The number of thioether (sulfide) groups is 1. The number of amidine groups is 1. The van der Waals surface area contributed by atoms with E-state index >= 15 is 0 Å². The summed E-state index contributed by atoms with van der Waals surface area (Å²) < 4.78 is 0. The summed E-state index contributed by atoms with van der Waals surface area (Å²) in [7, 11) is 0. The Bertz CT molecular complexity index is 932. The molecule has 0 saturated carbocycles. The second-order valence-corrected chi connectivity index (χ2v) is 7.39. The van der Waals surface area contributed by atoms with Crippen molar-refractivity contribution in [2.24, 2.45) is 4.99 Å². The number of rotatable bonds is 5. The summed E-state index contributed by atoms with van der Waals surface area (Å²) in [5, 5.41) is 20.5. The maximum Gasteiger partial charge on any atom is 0.267 e. The highest BCUT2D eigenvalue weighted by Crippen LogP contribution is 2.34. The van der Waals surface area contributed by atoms with Gasteiger partial charge in [-0.05, 0) is 35.9 Å². The van der Waals surface area contributed by atoms with E-state index < -0.39 is 5.97 Å². The van der Waals surface area contributed by atoms with Crippen LogP contribution < -0.4 is 5.11 Å². The van der Waals surface area contributed by atoms with Gasteiger partial charge in [0.15, 0.2) is 5.17 Å². The van der Waals surface area contributed by atoms with Crippen LogP contribution in [0, 0.1) is 6.92 Å². The molecule has 2 aromatic rings. The average molecular weight is 385 g/mol. The van der Waals surface area contributed by atoms with Gasteiger partial charge in [0.05, 0.1) is 10.9 Å². The molecule has 0 aliphatic carbocycles. The van der Waals surface area contributed by atoms with Crippen LogP contribution in [-0.4, -0.2) is 38.7 Å². The molecule has 0 spiro atoms. The third-order valence-corrected chi connectivity index (χ3v) is 5.09. The molecule has 0 unspecified atom stereocenters. The number of benzene rings is 1. The molecule has 2 heterocycles. The summed E-state index contributed by atoms with van der Waals surface area (Å²) in [5.41, 5.74) is 0.789. The highest BCUT2D eigenvalue weighted by Gasteiger charge is 2.32. The van der Waals surface area contributed by atoms with Crippen molar-refractivity contribution in [3.8, 4) is 0 Å². The van der Waals surface area contributed by atoms with Crippen LogP contribution in [0.1, 0.15) is 20.9 Å². The molecule has 1 aromatic heterocycles. The highest BCUT2D eigenvalue weighted by molar-refractivity contribution is 8.18. The largest absolute Gasteiger partial charge is 0.545 e. The van der Waals surface area contributed by atoms with Gasteiger partial charge in [-0.15, -0.1) is 16.8 Å². The number of hydrogen-bond donors (Lipinski definition) is 0. The molecule has 0 N–H and O–H groups in total. The maximum absolute atomic E-state index is 12.7. The van der Waals surface area contributed by atoms with E-state index in [2.05, 4.69) is 21.8 Å². The maximum atomic E-state index is 12.7. The summed E-state index contributed by atoms with van der Waals surface area (Å²) in [4.78, 5) is 29.9. The SMILES string of the molecule is C=CCN1C(=O)/C(=C/c2ccc(C(=O)[O-])cc2)SC1=Nc1nnc(C)s1. The van der Waals surface area contributed by atoms with Crippen LogP contribution in [0.3, 0.4) is 0 Å². The van der Waals surface area contributed by atoms with Crippen molar-refractivity contribution in [2.45, 2.75) is 6.92 Å². The first-order valence-electron chi connectivity index (χ1n) is 7.50. The molecule has 7 nitrogen and oxygen atoms in total. The minimum absolute atomic E-state index is 0.0831. The molecule has 0 radical (unpaired) electrons. The summed E-state index contributed by atoms with van der Waals surface area (Å²) in [6.45, 7) is 5.83. The van der Waals surface area contributed by atoms with Gasteiger partial charge in [0.25, 0.3) is 5.91 Å². The third-order valence-electron chi connectivity index (χ3n) is 3.35. The number of hydrogen-bond acceptors (Lipinski definition) is 8. The van der Waals surface area contributed by atoms with E-state index in [1.807, 2.05) is 6.92 Å². The van der Waals surface area contributed by atoms with Gasteiger partial charge >= 0.3 is 0 Å². The fraction of sp³-hybridized carbons (Fsp3) is 0.118. The normalized spacial score (nSPS) is 17.3. The molecule has 132 valence electrons. The molecular weight excluding hydrogens is 372 g/mol. The molecule has 0 bridgehead atoms. The van der Waals surface area contributed by atoms with Crippen molar-refractivity contribution < 1.29 is 14.7 Å². The second kappa shape index (κ2) is 7.63. The monoisotopic (exact) mass is 385 g/mol. The highest BCUT2D eigenvalue weighted by atomic mass is 32.2. The van der Waals surface area contributed by atoms with Crippen LogP contribution in [0.4, 0.5) is 5.13 Å². The van der Waals surface area contributed by atoms with E-state index in [0.717, 1.165) is 5.01 Å². The lowest BCUT2D eigenvalue weighted by Crippen LogP contribution is -2.29. The molecule has 1 saturated heterocycles. The number of aromatic carboxylic acids is 1. The van der Waals surface area contributed by atoms with Crippen LogP contribution in [-0.2, 0) is 4.79 Å². The lowest BCUT2D eigenvalue weighted by Gasteiger charge is -2.11. The Labute approximate surface area is 157 Å². The van der Waals surface area contributed by atoms with Crippen LogP contribution in [0.5, 0.6) is 0 Å². The smallest absolute Gasteiger partial charge is 0.267 e. The first-order chi connectivity index (χ1) is 12.5. The van der Waals surface area contributed by atoms with E-state index in [1.165, 1.54) is 40.1 Å². The molecule has 3 rings (SSSR count). The van der Waals surface area contributed by atoms with E-state index in [-0.39, 0.29) is 11.5 Å². The van der Waals surface area contributed by atoms with Gasteiger partial charge in [0.2, 0.25) is 5.13 Å². The van der Waals surface area contributed by atoms with E-state index in [1.54, 1.807) is 24.3 Å². The number of nitrogens with zero attached hydrogens (tertiary/aromatic N) is 4. The van der Waals surface area contributed by atoms with Gasteiger partial charge in [-0.1, -0.05) is 41.7 Å². The van der Waals surface area contributed by atoms with E-state index in [9.17, 15) is 14.7 Å². The Balaban J connectivity index is 1.90. The molecule has 9 heteroatoms. The van der Waals surface area contributed by atoms with Crippen LogP contribution in [0.15, 0.2) is 46.8 Å². The van der Waals surface area contributed by atoms with Gasteiger partial charge in [-0.25, -0.2) is 0 Å². The van der Waals surface area contributed by atoms with Gasteiger partial charge in [0.1, 0.15) is 5.01 Å². The summed E-state index contributed by atoms with van der Waals surface area (Å²) in [5.74, 6) is -1.44. The average Bonchev–Trinajstić information content (AvgIpc) is 3.14. The number of carbonyl (C=O) groups excluding carboxylic acids is 2. The minimum Gasteiger partial charge on any atom is -0.545 e. The molecule has 1 aliphatic heterocycles. The lowest BCUT2D eigenvalue weighted by molar-refractivity contribution is -0.255. The molecule has 1 fully saturated rings. The Morgan fingerprint density at radius 3 is 2.65 bits per heavy atom. The lowest BCUT2D eigenvalue weighted by atomic mass is 10.1. The fourth-order valence-electron chi connectivity index (χ4n) is 2.16. The number of amides is 1. The van der Waals surface area contributed by atoms with Crippen molar-refractivity contribution in [2.75, 3.05) is 6.54 Å². The van der Waals surface area contributed by atoms with Crippen molar-refractivity contribution in [1.29, 1.82) is 0 Å². The van der Waals surface area contributed by atoms with Crippen molar-refractivity contribution in [1.82, 2.24) is 15.1 Å². The predicted molar refractivity (Wildman–Crippen MR) is 100.0 cm³/mol. The van der Waals surface area contributed by atoms with Gasteiger partial charge < -0.3 is 9.90 Å². The summed E-state index contributed by atoms with van der Waals surface area (Å²) in [6, 6.07) is 6.11. The van der Waals surface area contributed by atoms with Crippen LogP contribution >= 0.6 is 23.1 Å². The topological polar surface area (TPSA) is 98.6 Å². The molecule has 26 heavy (non-hydrogen) atoms. The Kier molecular flexibility index (Phi) is 5.29. The Hall–Kier alpha value is -2.78. The number of aliphatic imine (C=N–C) groups is 1. The number of carboxylic acids is 1. The van der Waals surface area contributed by atoms with E-state index in [4.69, 9.17) is 0 Å². The zero-order valence-electron chi connectivity index (χ0n) is 13.7. The van der Waals surface area contributed by atoms with Crippen molar-refractivity contribution in [3.05, 3.63) is 58.0 Å². The fourth-order valence-corrected chi connectivity index (χ4v) is 3.77. The first-order valence-corrected chi connectivity index (χ1v) is 9.13. The summed E-state index contributed by atoms with van der Waals surface area (Å²) >= 11 is 2.56. The van der Waals surface area contributed by atoms with Gasteiger partial charge in [-0.2, -0.15) is 4.99 Å². The van der Waals surface area contributed by atoms with Crippen molar-refractivity contribution >= 4 is 51.4 Å². The number of carboxylic acid groups (broad SMARTS) is 1. The second-order valence-electron chi connectivity index (χ2n) is 5.22. The predicted octanol–water partition coefficient (Wildman–Crippen LogP) is 2.00. The number of aromatic nitrogens is 2. The molecule has 0 atom stereocenters. The molecular formula is C17H13N4O3S2-. The quantitative estimate of drug-likeness (QED) is 0.577. The van der Waals surface area contributed by atoms with Gasteiger partial charge in [0, 0.05) is 6.54 Å². The van der Waals surface area contributed by atoms with Gasteiger partial charge in [-0.3, -0.25) is 9.69 Å². The Morgan fingerprint density at radius 2 is 2.08 bits per heavy atom. The molecule has 1 aromatic carbocycles. The van der Waals surface area contributed by atoms with Crippen LogP contribution in [0.2, 0.25) is 0 Å². The number of carbonyl (C=O) groups is 2. The molecule has 1 aliphatic rings. The third kappa shape index (κ3) is 3.89. The minimum atomic E-state index is -1.24. The molecule has 1 amide bonds. The number of aryl methyl sites for hydroxylation is 1. The Morgan fingerprint density at radius 1 is 1.35 bits per heavy atom. The standard InChI is InChI=1S/C17H14N4O3S2/c1-3-8-21-14(22)13(9-11-4-6-12(7-5-11)15(23)24)26-17(21)18-16-20-19-10(2)25-16/h3-7,9H,1,8H2,2H3,(H,23,24)/p-1/b13-9-,18-17?. The van der Waals surface area contributed by atoms with Crippen LogP contribution in [0.25, 0.3) is 6.08 Å². The zero-order chi connectivity index (χ0) is 18.7. The summed E-state index contributed by atoms with van der Waals surface area (Å²) in [6.07, 6.45) is 3.31. The van der Waals surface area contributed by atoms with E-state index in [0.29, 0.717) is 27.3 Å². The zero-order valence-corrected chi connectivity index (χ0v) is 15.3. The first kappa shape index (κ1) is 18.0. The van der Waals surface area contributed by atoms with Crippen molar-refractivity contribution in [3.63, 3.8) is 0 Å².